The van der Waals surface area contributed by atoms with Crippen LogP contribution in [0.1, 0.15) is 33.6 Å². The summed E-state index contributed by atoms with van der Waals surface area (Å²) < 4.78 is 0. The van der Waals surface area contributed by atoms with E-state index in [2.05, 4.69) is 18.7 Å². The quantitative estimate of drug-likeness (QED) is 0.751. The minimum Gasteiger partial charge on any atom is -0.481 e. The van der Waals surface area contributed by atoms with Crippen LogP contribution in [-0.4, -0.2) is 35.1 Å². The van der Waals surface area contributed by atoms with Crippen molar-refractivity contribution in [3.05, 3.63) is 0 Å². The number of aliphatic carboxylic acids is 1. The molecule has 1 saturated heterocycles. The molecule has 82 valence electrons. The van der Waals surface area contributed by atoms with Crippen LogP contribution in [0.5, 0.6) is 0 Å². The van der Waals surface area contributed by atoms with E-state index in [4.69, 9.17) is 5.11 Å². The lowest BCUT2D eigenvalue weighted by Gasteiger charge is -2.23. The SMILES string of the molecule is CCCC(C)N1C[C@@H](C)[C@H](C(=O)O)C1. The molecular weight excluding hydrogens is 178 g/mol. The second-order valence-corrected chi connectivity index (χ2v) is 4.51. The Balaban J connectivity index is 2.49. The van der Waals surface area contributed by atoms with E-state index in [-0.39, 0.29) is 5.92 Å². The molecule has 0 aromatic heterocycles. The Hall–Kier alpha value is -0.570. The maximum absolute atomic E-state index is 10.9. The summed E-state index contributed by atoms with van der Waals surface area (Å²) in [5, 5.41) is 8.99. The average Bonchev–Trinajstić information content (AvgIpc) is 2.48. The third kappa shape index (κ3) is 2.47. The first-order chi connectivity index (χ1) is 6.56. The lowest BCUT2D eigenvalue weighted by molar-refractivity contribution is -0.142. The highest BCUT2D eigenvalue weighted by molar-refractivity contribution is 5.71. The van der Waals surface area contributed by atoms with Crippen LogP contribution in [0.4, 0.5) is 0 Å². The Morgan fingerprint density at radius 1 is 1.57 bits per heavy atom. The molecule has 1 aliphatic heterocycles. The van der Waals surface area contributed by atoms with Gasteiger partial charge in [0.25, 0.3) is 0 Å². The fraction of sp³-hybridized carbons (Fsp3) is 0.909. The number of hydrogen-bond donors (Lipinski definition) is 1. The summed E-state index contributed by atoms with van der Waals surface area (Å²) in [6.07, 6.45) is 2.34. The van der Waals surface area contributed by atoms with E-state index in [0.29, 0.717) is 12.0 Å². The monoisotopic (exact) mass is 199 g/mol. The molecule has 0 bridgehead atoms. The highest BCUT2D eigenvalue weighted by Crippen LogP contribution is 2.25. The minimum atomic E-state index is -0.635. The molecule has 1 unspecified atom stereocenters. The Morgan fingerprint density at radius 3 is 2.64 bits per heavy atom. The van der Waals surface area contributed by atoms with Gasteiger partial charge in [-0.25, -0.2) is 0 Å². The van der Waals surface area contributed by atoms with Crippen molar-refractivity contribution in [3.8, 4) is 0 Å². The van der Waals surface area contributed by atoms with Gasteiger partial charge in [-0.3, -0.25) is 9.69 Å². The largest absolute Gasteiger partial charge is 0.481 e. The number of carboxylic acid groups (broad SMARTS) is 1. The third-order valence-corrected chi connectivity index (χ3v) is 3.29. The maximum atomic E-state index is 10.9. The van der Waals surface area contributed by atoms with Gasteiger partial charge in [0.05, 0.1) is 5.92 Å². The Bertz CT molecular complexity index is 205. The Morgan fingerprint density at radius 2 is 2.21 bits per heavy atom. The van der Waals surface area contributed by atoms with E-state index in [0.717, 1.165) is 13.1 Å². The summed E-state index contributed by atoms with van der Waals surface area (Å²) in [5.74, 6) is -0.496. The zero-order valence-electron chi connectivity index (χ0n) is 9.36. The summed E-state index contributed by atoms with van der Waals surface area (Å²) in [6, 6.07) is 0.534. The van der Waals surface area contributed by atoms with E-state index in [1.54, 1.807) is 0 Å². The highest BCUT2D eigenvalue weighted by Gasteiger charge is 2.36. The van der Waals surface area contributed by atoms with Crippen LogP contribution in [0.3, 0.4) is 0 Å². The molecule has 0 aliphatic carbocycles. The highest BCUT2D eigenvalue weighted by atomic mass is 16.4. The number of likely N-dealkylation sites (tertiary alicyclic amines) is 1. The fourth-order valence-corrected chi connectivity index (χ4v) is 2.29. The molecule has 0 aromatic carbocycles. The molecule has 3 atom stereocenters. The number of carboxylic acids is 1. The van der Waals surface area contributed by atoms with Crippen molar-refractivity contribution in [1.29, 1.82) is 0 Å². The van der Waals surface area contributed by atoms with Gasteiger partial charge in [0, 0.05) is 19.1 Å². The Labute approximate surface area is 86.1 Å². The smallest absolute Gasteiger partial charge is 0.308 e. The van der Waals surface area contributed by atoms with Gasteiger partial charge in [-0.1, -0.05) is 20.3 Å². The van der Waals surface area contributed by atoms with E-state index in [1.165, 1.54) is 12.8 Å². The van der Waals surface area contributed by atoms with Crippen molar-refractivity contribution >= 4 is 5.97 Å². The molecule has 14 heavy (non-hydrogen) atoms. The minimum absolute atomic E-state index is 0.158. The van der Waals surface area contributed by atoms with E-state index >= 15 is 0 Å². The van der Waals surface area contributed by atoms with Crippen molar-refractivity contribution in [2.24, 2.45) is 11.8 Å². The average molecular weight is 199 g/mol. The topological polar surface area (TPSA) is 40.5 Å². The van der Waals surface area contributed by atoms with E-state index in [9.17, 15) is 4.79 Å². The van der Waals surface area contributed by atoms with Gasteiger partial charge in [0.2, 0.25) is 0 Å². The standard InChI is InChI=1S/C11H21NO2/c1-4-5-9(3)12-6-8(2)10(7-12)11(13)14/h8-10H,4-7H2,1-3H3,(H,13,14)/t8-,9?,10-/m1/s1. The first-order valence-electron chi connectivity index (χ1n) is 5.53. The van der Waals surface area contributed by atoms with Gasteiger partial charge >= 0.3 is 5.97 Å². The molecule has 3 nitrogen and oxygen atoms in total. The first-order valence-corrected chi connectivity index (χ1v) is 5.53. The second kappa shape index (κ2) is 4.78. The molecule has 3 heteroatoms. The van der Waals surface area contributed by atoms with Gasteiger partial charge in [0.15, 0.2) is 0 Å². The number of carbonyl (C=O) groups is 1. The summed E-state index contributed by atoms with van der Waals surface area (Å²) >= 11 is 0. The maximum Gasteiger partial charge on any atom is 0.308 e. The van der Waals surface area contributed by atoms with Crippen LogP contribution >= 0.6 is 0 Å². The van der Waals surface area contributed by atoms with Crippen molar-refractivity contribution in [3.63, 3.8) is 0 Å². The predicted molar refractivity (Wildman–Crippen MR) is 56.2 cm³/mol. The predicted octanol–water partition coefficient (Wildman–Crippen LogP) is 1.83. The molecule has 0 saturated carbocycles. The van der Waals surface area contributed by atoms with Crippen LogP contribution in [0, 0.1) is 11.8 Å². The molecule has 0 amide bonds. The molecular formula is C11H21NO2. The van der Waals surface area contributed by atoms with Crippen molar-refractivity contribution in [1.82, 2.24) is 4.90 Å². The number of rotatable bonds is 4. The van der Waals surface area contributed by atoms with Crippen LogP contribution in [-0.2, 0) is 4.79 Å². The molecule has 1 heterocycles. The third-order valence-electron chi connectivity index (χ3n) is 3.29. The van der Waals surface area contributed by atoms with Crippen molar-refractivity contribution in [2.45, 2.75) is 39.7 Å². The lowest BCUT2D eigenvalue weighted by atomic mass is 9.99. The van der Waals surface area contributed by atoms with Gasteiger partial charge in [-0.2, -0.15) is 0 Å². The molecule has 0 radical (unpaired) electrons. The first kappa shape index (κ1) is 11.5. The van der Waals surface area contributed by atoms with Crippen LogP contribution in [0.2, 0.25) is 0 Å². The van der Waals surface area contributed by atoms with Gasteiger partial charge in [0.1, 0.15) is 0 Å². The van der Waals surface area contributed by atoms with Crippen LogP contribution in [0.25, 0.3) is 0 Å². The van der Waals surface area contributed by atoms with Gasteiger partial charge < -0.3 is 5.11 Å². The lowest BCUT2D eigenvalue weighted by Crippen LogP contribution is -2.31. The van der Waals surface area contributed by atoms with Crippen LogP contribution in [0.15, 0.2) is 0 Å². The summed E-state index contributed by atoms with van der Waals surface area (Å²) in [6.45, 7) is 8.08. The van der Waals surface area contributed by atoms with E-state index < -0.39 is 5.97 Å². The zero-order chi connectivity index (χ0) is 10.7. The molecule has 1 N–H and O–H groups in total. The summed E-state index contributed by atoms with van der Waals surface area (Å²) in [4.78, 5) is 13.2. The van der Waals surface area contributed by atoms with E-state index in [1.807, 2.05) is 6.92 Å². The fourth-order valence-electron chi connectivity index (χ4n) is 2.29. The van der Waals surface area contributed by atoms with Crippen molar-refractivity contribution in [2.75, 3.05) is 13.1 Å². The number of hydrogen-bond acceptors (Lipinski definition) is 2. The molecule has 1 aliphatic rings. The number of nitrogens with zero attached hydrogens (tertiary/aromatic N) is 1. The van der Waals surface area contributed by atoms with Gasteiger partial charge in [-0.15, -0.1) is 0 Å². The normalized spacial score (nSPS) is 30.5. The molecule has 0 spiro atoms. The van der Waals surface area contributed by atoms with Crippen LogP contribution < -0.4 is 0 Å². The summed E-state index contributed by atoms with van der Waals surface area (Å²) in [5.41, 5.74) is 0. The summed E-state index contributed by atoms with van der Waals surface area (Å²) in [7, 11) is 0. The molecule has 1 fully saturated rings. The second-order valence-electron chi connectivity index (χ2n) is 4.51. The molecule has 1 rings (SSSR count). The van der Waals surface area contributed by atoms with Gasteiger partial charge in [-0.05, 0) is 19.3 Å². The Kier molecular flexibility index (Phi) is 3.93. The van der Waals surface area contributed by atoms with Crippen molar-refractivity contribution < 1.29 is 9.90 Å². The zero-order valence-corrected chi connectivity index (χ0v) is 9.36. The molecule has 0 aromatic rings.